The molecule has 33 heavy (non-hydrogen) atoms. The highest BCUT2D eigenvalue weighted by molar-refractivity contribution is 7.86. The predicted octanol–water partition coefficient (Wildman–Crippen LogP) is 1.56. The van der Waals surface area contributed by atoms with Gasteiger partial charge in [-0.1, -0.05) is 22.9 Å². The van der Waals surface area contributed by atoms with Crippen molar-refractivity contribution in [2.24, 2.45) is 0 Å². The molecule has 0 saturated heterocycles. The summed E-state index contributed by atoms with van der Waals surface area (Å²) in [5.41, 5.74) is 1.25. The Balaban J connectivity index is 1.78. The van der Waals surface area contributed by atoms with Gasteiger partial charge in [-0.25, -0.2) is 14.2 Å². The Labute approximate surface area is 189 Å². The Hall–Kier alpha value is -3.65. The second kappa shape index (κ2) is 9.87. The summed E-state index contributed by atoms with van der Waals surface area (Å²) in [5, 5.41) is 19.1. The van der Waals surface area contributed by atoms with Gasteiger partial charge < -0.3 is 14.9 Å². The zero-order valence-electron chi connectivity index (χ0n) is 18.1. The molecule has 2 aromatic heterocycles. The topological polar surface area (TPSA) is 161 Å². The molecule has 0 amide bonds. The van der Waals surface area contributed by atoms with Crippen LogP contribution in [-0.2, 0) is 30.4 Å². The molecular weight excluding hydrogens is 456 g/mol. The average molecular weight is 478 g/mol. The van der Waals surface area contributed by atoms with Crippen molar-refractivity contribution < 1.29 is 27.1 Å². The second-order valence-corrected chi connectivity index (χ2v) is 8.82. The van der Waals surface area contributed by atoms with Crippen molar-refractivity contribution in [3.05, 3.63) is 63.9 Å². The van der Waals surface area contributed by atoms with Gasteiger partial charge in [0.15, 0.2) is 5.82 Å². The normalized spacial score (nSPS) is 12.5. The molecule has 2 heterocycles. The first-order valence-corrected chi connectivity index (χ1v) is 11.1. The van der Waals surface area contributed by atoms with Gasteiger partial charge in [0.25, 0.3) is 10.1 Å². The van der Waals surface area contributed by atoms with Gasteiger partial charge in [0.2, 0.25) is 0 Å². The van der Waals surface area contributed by atoms with Crippen LogP contribution in [0.4, 0.5) is 5.82 Å². The number of hydrogen-bond acceptors (Lipinski definition) is 10. The Bertz CT molecular complexity index is 1250. The lowest BCUT2D eigenvalue weighted by atomic mass is 10.2. The number of rotatable bonds is 10. The maximum Gasteiger partial charge on any atom is 0.343 e. The molecule has 1 aromatic carbocycles. The molecule has 0 N–H and O–H groups in total. The van der Waals surface area contributed by atoms with Crippen LogP contribution in [0.25, 0.3) is 0 Å². The SMILES string of the molecule is CC(=O)OCC(COS(=O)(=O)c1ccc(C)cc1)n1cc(Cn2c([N+](=O)[O-])cnc2C)nn1. The number of imidazole rings is 1. The maximum absolute atomic E-state index is 12.5. The molecule has 0 aliphatic carbocycles. The monoisotopic (exact) mass is 478 g/mol. The minimum Gasteiger partial charge on any atom is -0.463 e. The van der Waals surface area contributed by atoms with E-state index in [0.29, 0.717) is 11.5 Å². The first-order valence-electron chi connectivity index (χ1n) is 9.73. The summed E-state index contributed by atoms with van der Waals surface area (Å²) < 4.78 is 37.9. The number of ether oxygens (including phenoxy) is 1. The van der Waals surface area contributed by atoms with Crippen LogP contribution in [0.3, 0.4) is 0 Å². The molecule has 13 nitrogen and oxygen atoms in total. The summed E-state index contributed by atoms with van der Waals surface area (Å²) in [5.74, 6) is -0.349. The molecule has 0 aliphatic rings. The maximum atomic E-state index is 12.5. The van der Waals surface area contributed by atoms with Gasteiger partial charge in [-0.2, -0.15) is 8.42 Å². The smallest absolute Gasteiger partial charge is 0.343 e. The molecule has 3 rings (SSSR count). The highest BCUT2D eigenvalue weighted by Gasteiger charge is 2.23. The summed E-state index contributed by atoms with van der Waals surface area (Å²) >= 11 is 0. The molecule has 1 atom stereocenters. The Morgan fingerprint density at radius 1 is 1.21 bits per heavy atom. The van der Waals surface area contributed by atoms with Crippen LogP contribution in [0.1, 0.15) is 30.0 Å². The quantitative estimate of drug-likeness (QED) is 0.181. The van der Waals surface area contributed by atoms with Gasteiger partial charge in [-0.3, -0.25) is 8.98 Å². The van der Waals surface area contributed by atoms with E-state index in [0.717, 1.165) is 11.8 Å². The van der Waals surface area contributed by atoms with E-state index in [1.54, 1.807) is 19.1 Å². The van der Waals surface area contributed by atoms with Gasteiger partial charge in [-0.15, -0.1) is 5.10 Å². The van der Waals surface area contributed by atoms with Crippen molar-refractivity contribution in [3.63, 3.8) is 0 Å². The van der Waals surface area contributed by atoms with Gasteiger partial charge in [-0.05, 0) is 24.0 Å². The largest absolute Gasteiger partial charge is 0.463 e. The fourth-order valence-electron chi connectivity index (χ4n) is 2.88. The fraction of sp³-hybridized carbons (Fsp3) is 0.368. The second-order valence-electron chi connectivity index (χ2n) is 7.20. The number of aromatic nitrogens is 5. The number of benzene rings is 1. The van der Waals surface area contributed by atoms with Crippen molar-refractivity contribution in [2.45, 2.75) is 38.3 Å². The van der Waals surface area contributed by atoms with Gasteiger partial charge >= 0.3 is 11.8 Å². The number of esters is 1. The molecule has 0 spiro atoms. The van der Waals surface area contributed by atoms with Crippen LogP contribution in [-0.4, -0.2) is 57.1 Å². The van der Waals surface area contributed by atoms with E-state index < -0.39 is 27.1 Å². The lowest BCUT2D eigenvalue weighted by molar-refractivity contribution is -0.392. The summed E-state index contributed by atoms with van der Waals surface area (Å²) in [4.78, 5) is 25.8. The number of nitro groups is 1. The van der Waals surface area contributed by atoms with Crippen molar-refractivity contribution in [2.75, 3.05) is 13.2 Å². The minimum absolute atomic E-state index is 0.0125. The molecule has 0 radical (unpaired) electrons. The predicted molar refractivity (Wildman–Crippen MR) is 113 cm³/mol. The Morgan fingerprint density at radius 2 is 1.91 bits per heavy atom. The van der Waals surface area contributed by atoms with Gasteiger partial charge in [0.05, 0.1) is 17.7 Å². The van der Waals surface area contributed by atoms with E-state index >= 15 is 0 Å². The van der Waals surface area contributed by atoms with E-state index in [1.165, 1.54) is 34.5 Å². The molecule has 0 aliphatic heterocycles. The first-order chi connectivity index (χ1) is 15.6. The molecule has 3 aromatic rings. The van der Waals surface area contributed by atoms with E-state index in [2.05, 4.69) is 15.3 Å². The molecule has 0 bridgehead atoms. The van der Waals surface area contributed by atoms with E-state index in [9.17, 15) is 23.3 Å². The van der Waals surface area contributed by atoms with Gasteiger partial charge in [0, 0.05) is 13.8 Å². The van der Waals surface area contributed by atoms with E-state index in [4.69, 9.17) is 8.92 Å². The van der Waals surface area contributed by atoms with Crippen LogP contribution in [0.15, 0.2) is 41.6 Å². The average Bonchev–Trinajstić information content (AvgIpc) is 3.35. The Morgan fingerprint density at radius 3 is 2.55 bits per heavy atom. The summed E-state index contributed by atoms with van der Waals surface area (Å²) in [6, 6.07) is 5.34. The zero-order chi connectivity index (χ0) is 24.2. The third-order valence-electron chi connectivity index (χ3n) is 4.68. The van der Waals surface area contributed by atoms with Crippen LogP contribution in [0.2, 0.25) is 0 Å². The van der Waals surface area contributed by atoms with Crippen LogP contribution in [0, 0.1) is 24.0 Å². The summed E-state index contributed by atoms with van der Waals surface area (Å²) in [7, 11) is -4.06. The number of aryl methyl sites for hydroxylation is 2. The van der Waals surface area contributed by atoms with Crippen molar-refractivity contribution in [3.8, 4) is 0 Å². The standard InChI is InChI=1S/C19H22N6O7S/c1-13-4-6-18(7-5-13)33(29,30)32-12-17(11-31-15(3)26)24-10-16(21-22-24)9-23-14(2)20-8-19(23)25(27)28/h4-8,10,17H,9,11-12H2,1-3H3. The van der Waals surface area contributed by atoms with Crippen LogP contribution >= 0.6 is 0 Å². The lowest BCUT2D eigenvalue weighted by Gasteiger charge is -2.16. The third-order valence-corrected chi connectivity index (χ3v) is 5.97. The van der Waals surface area contributed by atoms with E-state index in [-0.39, 0.29) is 30.5 Å². The first kappa shape index (κ1) is 24.0. The molecule has 0 fully saturated rings. The zero-order valence-corrected chi connectivity index (χ0v) is 18.9. The van der Waals surface area contributed by atoms with Crippen molar-refractivity contribution in [1.82, 2.24) is 24.5 Å². The third kappa shape index (κ3) is 5.98. The van der Waals surface area contributed by atoms with Crippen molar-refractivity contribution in [1.29, 1.82) is 0 Å². The summed E-state index contributed by atoms with van der Waals surface area (Å²) in [6.45, 7) is 4.08. The molecule has 1 unspecified atom stereocenters. The molecule has 0 saturated carbocycles. The fourth-order valence-corrected chi connectivity index (χ4v) is 3.82. The van der Waals surface area contributed by atoms with Gasteiger partial charge in [0.1, 0.15) is 31.1 Å². The number of hydrogen-bond donors (Lipinski definition) is 0. The van der Waals surface area contributed by atoms with Crippen LogP contribution < -0.4 is 0 Å². The van der Waals surface area contributed by atoms with E-state index in [1.807, 2.05) is 6.92 Å². The number of nitrogens with zero attached hydrogens (tertiary/aromatic N) is 6. The highest BCUT2D eigenvalue weighted by atomic mass is 32.2. The Kier molecular flexibility index (Phi) is 7.18. The molecule has 176 valence electrons. The summed E-state index contributed by atoms with van der Waals surface area (Å²) in [6.07, 6.45) is 2.62. The lowest BCUT2D eigenvalue weighted by Crippen LogP contribution is -2.24. The minimum atomic E-state index is -4.06. The van der Waals surface area contributed by atoms with Crippen LogP contribution in [0.5, 0.6) is 0 Å². The number of carbonyl (C=O) groups excluding carboxylic acids is 1. The molecular formula is C19H22N6O7S. The van der Waals surface area contributed by atoms with Crippen molar-refractivity contribution >= 4 is 21.9 Å². The highest BCUT2D eigenvalue weighted by Crippen LogP contribution is 2.18. The number of carbonyl (C=O) groups is 1. The molecule has 14 heteroatoms.